The van der Waals surface area contributed by atoms with Gasteiger partial charge in [-0.2, -0.15) is 0 Å². The van der Waals surface area contributed by atoms with E-state index in [-0.39, 0.29) is 5.91 Å². The molecule has 0 fully saturated rings. The van der Waals surface area contributed by atoms with Crippen LogP contribution in [0.2, 0.25) is 5.02 Å². The Morgan fingerprint density at radius 2 is 1.80 bits per heavy atom. The summed E-state index contributed by atoms with van der Waals surface area (Å²) in [5, 5.41) is 3.54. The summed E-state index contributed by atoms with van der Waals surface area (Å²) in [6.45, 7) is 0.476. The third-order valence-electron chi connectivity index (χ3n) is 3.74. The number of H-pyrrole nitrogens is 1. The predicted molar refractivity (Wildman–Crippen MR) is 100 cm³/mol. The third kappa shape index (κ3) is 5.33. The van der Waals surface area contributed by atoms with Crippen molar-refractivity contribution >= 4 is 23.6 Å². The Kier molecular flexibility index (Phi) is 5.65. The second-order valence-electron chi connectivity index (χ2n) is 5.67. The van der Waals surface area contributed by atoms with E-state index >= 15 is 0 Å². The molecule has 0 atom stereocenters. The first kappa shape index (κ1) is 17.0. The van der Waals surface area contributed by atoms with E-state index in [2.05, 4.69) is 15.3 Å². The fraction of sp³-hybridized carbons (Fsp3) is 0.100. The Morgan fingerprint density at radius 3 is 2.48 bits per heavy atom. The maximum absolute atomic E-state index is 11.9. The van der Waals surface area contributed by atoms with Gasteiger partial charge in [-0.05, 0) is 34.9 Å². The van der Waals surface area contributed by atoms with Crippen LogP contribution in [0.1, 0.15) is 22.4 Å². The van der Waals surface area contributed by atoms with Crippen LogP contribution in [0.3, 0.4) is 0 Å². The zero-order valence-electron chi connectivity index (χ0n) is 13.6. The minimum Gasteiger partial charge on any atom is -0.348 e. The molecule has 0 unspecified atom stereocenters. The Labute approximate surface area is 151 Å². The highest BCUT2D eigenvalue weighted by Crippen LogP contribution is 2.11. The highest BCUT2D eigenvalue weighted by molar-refractivity contribution is 6.30. The monoisotopic (exact) mass is 351 g/mol. The third-order valence-corrected chi connectivity index (χ3v) is 3.99. The molecule has 1 aromatic heterocycles. The van der Waals surface area contributed by atoms with E-state index in [1.54, 1.807) is 18.5 Å². The van der Waals surface area contributed by atoms with Crippen LogP contribution in [0.5, 0.6) is 0 Å². The van der Waals surface area contributed by atoms with Gasteiger partial charge in [-0.3, -0.25) is 4.79 Å². The number of benzene rings is 2. The van der Waals surface area contributed by atoms with Gasteiger partial charge in [0.05, 0.1) is 6.33 Å². The first-order chi connectivity index (χ1) is 12.2. The van der Waals surface area contributed by atoms with E-state index in [0.29, 0.717) is 11.6 Å². The molecular formula is C20H18ClN3O. The van der Waals surface area contributed by atoms with Crippen molar-refractivity contribution < 1.29 is 4.79 Å². The fourth-order valence-electron chi connectivity index (χ4n) is 2.37. The molecule has 1 heterocycles. The lowest BCUT2D eigenvalue weighted by molar-refractivity contribution is -0.116. The molecule has 0 aliphatic carbocycles. The van der Waals surface area contributed by atoms with Crippen LogP contribution >= 0.6 is 11.6 Å². The van der Waals surface area contributed by atoms with Crippen LogP contribution in [0.4, 0.5) is 0 Å². The summed E-state index contributed by atoms with van der Waals surface area (Å²) < 4.78 is 0. The molecule has 0 radical (unpaired) electrons. The highest BCUT2D eigenvalue weighted by Gasteiger charge is 1.99. The Hall–Kier alpha value is -2.85. The molecule has 1 amide bonds. The van der Waals surface area contributed by atoms with Crippen molar-refractivity contribution in [3.63, 3.8) is 0 Å². The molecule has 0 spiro atoms. The molecule has 0 aliphatic rings. The summed E-state index contributed by atoms with van der Waals surface area (Å²) in [6.07, 6.45) is 7.65. The summed E-state index contributed by atoms with van der Waals surface area (Å²) in [5.74, 6) is -0.128. The topological polar surface area (TPSA) is 57.8 Å². The largest absolute Gasteiger partial charge is 0.348 e. The number of aromatic nitrogens is 2. The number of imidazole rings is 1. The summed E-state index contributed by atoms with van der Waals surface area (Å²) >= 11 is 5.84. The van der Waals surface area contributed by atoms with E-state index in [0.717, 1.165) is 23.2 Å². The van der Waals surface area contributed by atoms with Crippen LogP contribution in [0.25, 0.3) is 6.08 Å². The first-order valence-electron chi connectivity index (χ1n) is 7.95. The van der Waals surface area contributed by atoms with Gasteiger partial charge in [0.2, 0.25) is 5.91 Å². The number of hydrogen-bond donors (Lipinski definition) is 2. The van der Waals surface area contributed by atoms with Gasteiger partial charge in [0, 0.05) is 36.0 Å². The van der Waals surface area contributed by atoms with Crippen molar-refractivity contribution in [3.8, 4) is 0 Å². The van der Waals surface area contributed by atoms with E-state index in [1.165, 1.54) is 5.56 Å². The molecule has 0 saturated carbocycles. The standard InChI is InChI=1S/C20H18ClN3O/c21-18-8-5-17(6-9-18)12-23-20(25)10-7-15-1-3-16(4-2-15)11-19-13-22-14-24-19/h1-10,13-14H,11-12H2,(H,22,24)(H,23,25)/b10-7+. The average molecular weight is 352 g/mol. The van der Waals surface area contributed by atoms with Gasteiger partial charge in [-0.15, -0.1) is 0 Å². The zero-order valence-corrected chi connectivity index (χ0v) is 14.3. The first-order valence-corrected chi connectivity index (χ1v) is 8.33. The van der Waals surface area contributed by atoms with Gasteiger partial charge < -0.3 is 10.3 Å². The van der Waals surface area contributed by atoms with Crippen LogP contribution in [-0.2, 0) is 17.8 Å². The van der Waals surface area contributed by atoms with Gasteiger partial charge in [-0.1, -0.05) is 48.0 Å². The lowest BCUT2D eigenvalue weighted by Gasteiger charge is -2.03. The molecule has 0 aliphatic heterocycles. The fourth-order valence-corrected chi connectivity index (χ4v) is 2.50. The number of nitrogens with zero attached hydrogens (tertiary/aromatic N) is 1. The molecule has 3 aromatic rings. The average Bonchev–Trinajstić information content (AvgIpc) is 3.14. The maximum atomic E-state index is 11.9. The summed E-state index contributed by atoms with van der Waals surface area (Å²) in [4.78, 5) is 19.0. The molecule has 4 nitrogen and oxygen atoms in total. The molecule has 126 valence electrons. The van der Waals surface area contributed by atoms with E-state index in [9.17, 15) is 4.79 Å². The molecule has 2 N–H and O–H groups in total. The van der Waals surface area contributed by atoms with Gasteiger partial charge in [-0.25, -0.2) is 4.98 Å². The normalized spacial score (nSPS) is 10.9. The second kappa shape index (κ2) is 8.31. The molecule has 2 aromatic carbocycles. The second-order valence-corrected chi connectivity index (χ2v) is 6.11. The van der Waals surface area contributed by atoms with Crippen LogP contribution < -0.4 is 5.32 Å². The zero-order chi connectivity index (χ0) is 17.5. The lowest BCUT2D eigenvalue weighted by Crippen LogP contribution is -2.20. The smallest absolute Gasteiger partial charge is 0.244 e. The Bertz CT molecular complexity index is 838. The van der Waals surface area contributed by atoms with Crippen molar-refractivity contribution in [2.75, 3.05) is 0 Å². The number of carbonyl (C=O) groups excluding carboxylic acids is 1. The molecular weight excluding hydrogens is 334 g/mol. The van der Waals surface area contributed by atoms with E-state index in [1.807, 2.05) is 54.7 Å². The number of aromatic amines is 1. The van der Waals surface area contributed by atoms with Crippen LogP contribution in [-0.4, -0.2) is 15.9 Å². The van der Waals surface area contributed by atoms with Crippen molar-refractivity contribution in [1.82, 2.24) is 15.3 Å². The van der Waals surface area contributed by atoms with Gasteiger partial charge >= 0.3 is 0 Å². The Balaban J connectivity index is 1.50. The number of nitrogens with one attached hydrogen (secondary N) is 2. The van der Waals surface area contributed by atoms with E-state index < -0.39 is 0 Å². The number of amides is 1. The molecule has 25 heavy (non-hydrogen) atoms. The molecule has 0 bridgehead atoms. The number of halogens is 1. The molecule has 0 saturated heterocycles. The van der Waals surface area contributed by atoms with Crippen LogP contribution in [0.15, 0.2) is 67.1 Å². The predicted octanol–water partition coefficient (Wildman–Crippen LogP) is 3.98. The van der Waals surface area contributed by atoms with E-state index in [4.69, 9.17) is 11.6 Å². The summed E-state index contributed by atoms with van der Waals surface area (Å²) in [6, 6.07) is 15.5. The van der Waals surface area contributed by atoms with Crippen molar-refractivity contribution in [3.05, 3.63) is 94.5 Å². The van der Waals surface area contributed by atoms with Crippen molar-refractivity contribution in [1.29, 1.82) is 0 Å². The summed E-state index contributed by atoms with van der Waals surface area (Å²) in [5.41, 5.74) is 4.25. The number of rotatable bonds is 6. The molecule has 5 heteroatoms. The number of carbonyl (C=O) groups is 1. The Morgan fingerprint density at radius 1 is 1.08 bits per heavy atom. The van der Waals surface area contributed by atoms with Crippen molar-refractivity contribution in [2.45, 2.75) is 13.0 Å². The minimum absolute atomic E-state index is 0.128. The maximum Gasteiger partial charge on any atom is 0.244 e. The number of hydrogen-bond acceptors (Lipinski definition) is 2. The van der Waals surface area contributed by atoms with Crippen LogP contribution in [0, 0.1) is 0 Å². The van der Waals surface area contributed by atoms with Gasteiger partial charge in [0.25, 0.3) is 0 Å². The summed E-state index contributed by atoms with van der Waals surface area (Å²) in [7, 11) is 0. The highest BCUT2D eigenvalue weighted by atomic mass is 35.5. The van der Waals surface area contributed by atoms with Gasteiger partial charge in [0.15, 0.2) is 0 Å². The lowest BCUT2D eigenvalue weighted by atomic mass is 10.1. The minimum atomic E-state index is -0.128. The SMILES string of the molecule is O=C(/C=C/c1ccc(Cc2cnc[nH]2)cc1)NCc1ccc(Cl)cc1. The quantitative estimate of drug-likeness (QED) is 0.660. The van der Waals surface area contributed by atoms with Crippen molar-refractivity contribution in [2.24, 2.45) is 0 Å². The van der Waals surface area contributed by atoms with Gasteiger partial charge in [0.1, 0.15) is 0 Å². The molecule has 3 rings (SSSR count).